The molecular formula is C33H28FN3O6S. The molecule has 5 rings (SSSR count). The first-order valence-electron chi connectivity index (χ1n) is 13.3. The first-order valence-corrected chi connectivity index (χ1v) is 14.2. The van der Waals surface area contributed by atoms with Crippen molar-refractivity contribution in [2.75, 3.05) is 36.9 Å². The van der Waals surface area contributed by atoms with Crippen LogP contribution in [0.3, 0.4) is 0 Å². The molecule has 4 aromatic carbocycles. The van der Waals surface area contributed by atoms with Crippen LogP contribution in [0, 0.1) is 12.7 Å². The van der Waals surface area contributed by atoms with E-state index in [0.717, 1.165) is 22.2 Å². The standard InChI is InChI=1S/C33H28FN3O6S/c1-19-8-15-27(42-3)26(16-19)36-29-30(33(40)37(32(29)39)22-11-9-20(34)10-12-22)44-24-7-5-6-21(17-24)35-31(38)25-14-13-23(41-2)18-28(25)43-4/h5-18,36H,1-4H3,(H,35,38). The van der Waals surface area contributed by atoms with Crippen LogP contribution in [0.15, 0.2) is 100 Å². The zero-order valence-electron chi connectivity index (χ0n) is 24.3. The number of methoxy groups -OCH3 is 3. The van der Waals surface area contributed by atoms with Crippen molar-refractivity contribution in [1.29, 1.82) is 0 Å². The number of thioether (sulfide) groups is 1. The van der Waals surface area contributed by atoms with Gasteiger partial charge in [-0.05, 0) is 79.2 Å². The lowest BCUT2D eigenvalue weighted by atomic mass is 10.1. The molecule has 11 heteroatoms. The number of imide groups is 1. The van der Waals surface area contributed by atoms with Crippen LogP contribution in [0.2, 0.25) is 0 Å². The molecule has 0 unspecified atom stereocenters. The average Bonchev–Trinajstić information content (AvgIpc) is 3.25. The van der Waals surface area contributed by atoms with Crippen LogP contribution >= 0.6 is 11.8 Å². The summed E-state index contributed by atoms with van der Waals surface area (Å²) in [6.07, 6.45) is 0. The van der Waals surface area contributed by atoms with E-state index in [4.69, 9.17) is 14.2 Å². The Morgan fingerprint density at radius 2 is 1.57 bits per heavy atom. The Hall–Kier alpha value is -5.29. The minimum atomic E-state index is -0.608. The molecular weight excluding hydrogens is 585 g/mol. The molecule has 4 aromatic rings. The Kier molecular flexibility index (Phi) is 8.86. The first kappa shape index (κ1) is 30.2. The van der Waals surface area contributed by atoms with Gasteiger partial charge in [0.1, 0.15) is 33.7 Å². The zero-order chi connectivity index (χ0) is 31.4. The molecule has 0 aromatic heterocycles. The lowest BCUT2D eigenvalue weighted by molar-refractivity contribution is -0.120. The Morgan fingerprint density at radius 1 is 0.818 bits per heavy atom. The van der Waals surface area contributed by atoms with Crippen molar-refractivity contribution >= 4 is 46.5 Å². The summed E-state index contributed by atoms with van der Waals surface area (Å²) in [6, 6.07) is 22.3. The van der Waals surface area contributed by atoms with Gasteiger partial charge >= 0.3 is 0 Å². The minimum absolute atomic E-state index is 0.0330. The molecule has 3 amide bonds. The molecule has 0 aliphatic carbocycles. The van der Waals surface area contributed by atoms with E-state index in [1.54, 1.807) is 54.6 Å². The molecule has 9 nitrogen and oxygen atoms in total. The number of nitrogens with zero attached hydrogens (tertiary/aromatic N) is 1. The Balaban J connectivity index is 1.48. The second-order valence-electron chi connectivity index (χ2n) is 9.61. The van der Waals surface area contributed by atoms with Crippen LogP contribution < -0.4 is 29.7 Å². The van der Waals surface area contributed by atoms with Crippen LogP contribution in [-0.4, -0.2) is 39.1 Å². The minimum Gasteiger partial charge on any atom is -0.497 e. The highest BCUT2D eigenvalue weighted by atomic mass is 32.2. The van der Waals surface area contributed by atoms with Crippen LogP contribution in [0.4, 0.5) is 21.5 Å². The molecule has 0 bridgehead atoms. The summed E-state index contributed by atoms with van der Waals surface area (Å²) in [4.78, 5) is 42.3. The molecule has 1 aliphatic heterocycles. The summed E-state index contributed by atoms with van der Waals surface area (Å²) in [7, 11) is 4.49. The van der Waals surface area contributed by atoms with E-state index in [9.17, 15) is 18.8 Å². The molecule has 0 fully saturated rings. The molecule has 1 heterocycles. The van der Waals surface area contributed by atoms with E-state index in [0.29, 0.717) is 39.1 Å². The molecule has 2 N–H and O–H groups in total. The van der Waals surface area contributed by atoms with Gasteiger partial charge in [-0.1, -0.05) is 23.9 Å². The van der Waals surface area contributed by atoms with Gasteiger partial charge in [-0.2, -0.15) is 0 Å². The number of hydrogen-bond donors (Lipinski definition) is 2. The van der Waals surface area contributed by atoms with Crippen molar-refractivity contribution in [3.05, 3.63) is 112 Å². The van der Waals surface area contributed by atoms with Crippen LogP contribution in [0.25, 0.3) is 0 Å². The highest BCUT2D eigenvalue weighted by Gasteiger charge is 2.40. The number of benzene rings is 4. The summed E-state index contributed by atoms with van der Waals surface area (Å²) in [5.41, 5.74) is 2.43. The summed E-state index contributed by atoms with van der Waals surface area (Å²) in [5, 5.41) is 5.96. The van der Waals surface area contributed by atoms with E-state index in [-0.39, 0.29) is 16.3 Å². The van der Waals surface area contributed by atoms with Crippen LogP contribution in [-0.2, 0) is 9.59 Å². The van der Waals surface area contributed by atoms with Crippen molar-refractivity contribution in [2.24, 2.45) is 0 Å². The predicted octanol–water partition coefficient (Wildman–Crippen LogP) is 6.40. The lowest BCUT2D eigenvalue weighted by Crippen LogP contribution is -2.32. The van der Waals surface area contributed by atoms with E-state index in [1.165, 1.54) is 45.6 Å². The van der Waals surface area contributed by atoms with Gasteiger partial charge in [0.15, 0.2) is 0 Å². The normalized spacial score (nSPS) is 12.8. The fourth-order valence-electron chi connectivity index (χ4n) is 4.53. The second-order valence-corrected chi connectivity index (χ2v) is 10.7. The van der Waals surface area contributed by atoms with Gasteiger partial charge in [-0.15, -0.1) is 0 Å². The molecule has 1 aliphatic rings. The molecule has 0 atom stereocenters. The van der Waals surface area contributed by atoms with Crippen molar-refractivity contribution < 1.29 is 33.0 Å². The number of carbonyl (C=O) groups excluding carboxylic acids is 3. The Labute approximate surface area is 257 Å². The van der Waals surface area contributed by atoms with Gasteiger partial charge in [-0.25, -0.2) is 9.29 Å². The fourth-order valence-corrected chi connectivity index (χ4v) is 5.52. The quantitative estimate of drug-likeness (QED) is 0.198. The van der Waals surface area contributed by atoms with Gasteiger partial charge in [-0.3, -0.25) is 14.4 Å². The summed E-state index contributed by atoms with van der Waals surface area (Å²) < 4.78 is 29.7. The number of aryl methyl sites for hydroxylation is 1. The molecule has 0 saturated carbocycles. The molecule has 0 saturated heterocycles. The third-order valence-corrected chi connectivity index (χ3v) is 7.78. The van der Waals surface area contributed by atoms with Gasteiger partial charge in [0, 0.05) is 16.6 Å². The van der Waals surface area contributed by atoms with Crippen molar-refractivity contribution in [3.63, 3.8) is 0 Å². The molecule has 0 spiro atoms. The fraction of sp³-hybridized carbons (Fsp3) is 0.121. The monoisotopic (exact) mass is 613 g/mol. The number of hydrogen-bond acceptors (Lipinski definition) is 8. The van der Waals surface area contributed by atoms with E-state index >= 15 is 0 Å². The SMILES string of the molecule is COc1ccc(C(=O)Nc2cccc(SC3=C(Nc4cc(C)ccc4OC)C(=O)N(c4ccc(F)cc4)C3=O)c2)c(OC)c1. The van der Waals surface area contributed by atoms with Crippen molar-refractivity contribution in [3.8, 4) is 17.2 Å². The third kappa shape index (κ3) is 6.23. The number of rotatable bonds is 10. The number of halogens is 1. The third-order valence-electron chi connectivity index (χ3n) is 6.71. The van der Waals surface area contributed by atoms with Crippen LogP contribution in [0.5, 0.6) is 17.2 Å². The number of ether oxygens (including phenoxy) is 3. The van der Waals surface area contributed by atoms with Crippen molar-refractivity contribution in [1.82, 2.24) is 0 Å². The Bertz CT molecular complexity index is 1790. The van der Waals surface area contributed by atoms with Gasteiger partial charge in [0.2, 0.25) is 0 Å². The average molecular weight is 614 g/mol. The second kappa shape index (κ2) is 12.9. The summed E-state index contributed by atoms with van der Waals surface area (Å²) >= 11 is 1.06. The highest BCUT2D eigenvalue weighted by molar-refractivity contribution is 8.04. The smallest absolute Gasteiger partial charge is 0.283 e. The highest BCUT2D eigenvalue weighted by Crippen LogP contribution is 2.40. The number of nitrogens with one attached hydrogen (secondary N) is 2. The van der Waals surface area contributed by atoms with E-state index in [1.807, 2.05) is 13.0 Å². The zero-order valence-corrected chi connectivity index (χ0v) is 25.1. The van der Waals surface area contributed by atoms with E-state index in [2.05, 4.69) is 10.6 Å². The summed E-state index contributed by atoms with van der Waals surface area (Å²) in [5.74, 6) is -0.730. The maximum atomic E-state index is 13.8. The molecule has 44 heavy (non-hydrogen) atoms. The molecule has 0 radical (unpaired) electrons. The summed E-state index contributed by atoms with van der Waals surface area (Å²) in [6.45, 7) is 1.89. The number of amides is 3. The van der Waals surface area contributed by atoms with Gasteiger partial charge in [0.05, 0.1) is 38.3 Å². The maximum absolute atomic E-state index is 13.8. The maximum Gasteiger partial charge on any atom is 0.283 e. The molecule has 224 valence electrons. The Morgan fingerprint density at radius 3 is 2.27 bits per heavy atom. The lowest BCUT2D eigenvalue weighted by Gasteiger charge is -2.16. The number of carbonyl (C=O) groups is 3. The number of anilines is 3. The predicted molar refractivity (Wildman–Crippen MR) is 167 cm³/mol. The topological polar surface area (TPSA) is 106 Å². The van der Waals surface area contributed by atoms with E-state index < -0.39 is 23.5 Å². The first-order chi connectivity index (χ1) is 21.2. The largest absolute Gasteiger partial charge is 0.497 e. The van der Waals surface area contributed by atoms with Gasteiger partial charge in [0.25, 0.3) is 17.7 Å². The van der Waals surface area contributed by atoms with Crippen molar-refractivity contribution in [2.45, 2.75) is 11.8 Å². The van der Waals surface area contributed by atoms with Crippen LogP contribution in [0.1, 0.15) is 15.9 Å². The van der Waals surface area contributed by atoms with Gasteiger partial charge < -0.3 is 24.8 Å².